The van der Waals surface area contributed by atoms with Crippen molar-refractivity contribution in [3.63, 3.8) is 0 Å². The molecule has 0 aliphatic rings. The summed E-state index contributed by atoms with van der Waals surface area (Å²) in [6, 6.07) is 17.6. The first kappa shape index (κ1) is 13.5. The first-order valence-electron chi connectivity index (χ1n) is 6.49. The van der Waals surface area contributed by atoms with Gasteiger partial charge in [0.05, 0.1) is 0 Å². The fourth-order valence-corrected chi connectivity index (χ4v) is 2.55. The predicted octanol–water partition coefficient (Wildman–Crippen LogP) is 3.77. The van der Waals surface area contributed by atoms with Gasteiger partial charge in [-0.3, -0.25) is 10.1 Å². The lowest BCUT2D eigenvalue weighted by atomic mass is 10.0. The largest absolute Gasteiger partial charge is 0.296 e. The average molecular weight is 295 g/mol. The summed E-state index contributed by atoms with van der Waals surface area (Å²) < 4.78 is 0. The van der Waals surface area contributed by atoms with E-state index < -0.39 is 0 Å². The van der Waals surface area contributed by atoms with Crippen LogP contribution in [0.4, 0.5) is 5.13 Å². The van der Waals surface area contributed by atoms with Crippen molar-refractivity contribution in [3.8, 4) is 11.1 Å². The van der Waals surface area contributed by atoms with Gasteiger partial charge in [0, 0.05) is 5.56 Å². The molecular weight excluding hydrogens is 282 g/mol. The second-order valence-electron chi connectivity index (χ2n) is 4.52. The minimum absolute atomic E-state index is 0.175. The van der Waals surface area contributed by atoms with E-state index in [-0.39, 0.29) is 5.91 Å². The van der Waals surface area contributed by atoms with Gasteiger partial charge in [0.2, 0.25) is 5.13 Å². The van der Waals surface area contributed by atoms with Crippen molar-refractivity contribution in [1.29, 1.82) is 0 Å². The van der Waals surface area contributed by atoms with Crippen LogP contribution in [-0.4, -0.2) is 16.1 Å². The molecular formula is C16H13N3OS. The smallest absolute Gasteiger partial charge is 0.257 e. The molecule has 2 aromatic carbocycles. The van der Waals surface area contributed by atoms with Crippen molar-refractivity contribution < 1.29 is 4.79 Å². The highest BCUT2D eigenvalue weighted by Crippen LogP contribution is 2.20. The van der Waals surface area contributed by atoms with Gasteiger partial charge in [0.25, 0.3) is 5.91 Å². The number of nitrogens with zero attached hydrogens (tertiary/aromatic N) is 2. The number of hydrogen-bond donors (Lipinski definition) is 1. The molecule has 21 heavy (non-hydrogen) atoms. The van der Waals surface area contributed by atoms with E-state index in [0.29, 0.717) is 10.7 Å². The quantitative estimate of drug-likeness (QED) is 0.800. The molecule has 1 heterocycles. The fraction of sp³-hybridized carbons (Fsp3) is 0.0625. The second kappa shape index (κ2) is 5.85. The van der Waals surface area contributed by atoms with Crippen LogP contribution in [0.5, 0.6) is 0 Å². The van der Waals surface area contributed by atoms with Gasteiger partial charge in [-0.05, 0) is 30.2 Å². The maximum atomic E-state index is 12.1. The third-order valence-corrected chi connectivity index (χ3v) is 3.75. The number of anilines is 1. The van der Waals surface area contributed by atoms with E-state index in [9.17, 15) is 4.79 Å². The standard InChI is InChI=1S/C16H13N3OS/c1-11-18-19-16(21-11)17-15(20)14-9-7-13(8-10-14)12-5-3-2-4-6-12/h2-10H,1H3,(H,17,19,20). The summed E-state index contributed by atoms with van der Waals surface area (Å²) in [5.41, 5.74) is 2.81. The monoisotopic (exact) mass is 295 g/mol. The Bertz CT molecular complexity index is 751. The van der Waals surface area contributed by atoms with Crippen LogP contribution < -0.4 is 5.32 Å². The number of rotatable bonds is 3. The van der Waals surface area contributed by atoms with Gasteiger partial charge in [-0.15, -0.1) is 10.2 Å². The van der Waals surface area contributed by atoms with Crippen molar-refractivity contribution in [2.24, 2.45) is 0 Å². The van der Waals surface area contributed by atoms with Gasteiger partial charge in [0.1, 0.15) is 5.01 Å². The van der Waals surface area contributed by atoms with E-state index in [1.165, 1.54) is 11.3 Å². The highest BCUT2D eigenvalue weighted by atomic mass is 32.1. The molecule has 104 valence electrons. The summed E-state index contributed by atoms with van der Waals surface area (Å²) in [5, 5.41) is 11.8. The summed E-state index contributed by atoms with van der Waals surface area (Å²) in [6.45, 7) is 1.85. The predicted molar refractivity (Wildman–Crippen MR) is 84.5 cm³/mol. The van der Waals surface area contributed by atoms with E-state index >= 15 is 0 Å². The Morgan fingerprint density at radius 3 is 2.24 bits per heavy atom. The Morgan fingerprint density at radius 1 is 0.952 bits per heavy atom. The van der Waals surface area contributed by atoms with E-state index in [1.807, 2.05) is 61.5 Å². The van der Waals surface area contributed by atoms with E-state index in [0.717, 1.165) is 16.1 Å². The molecule has 1 amide bonds. The molecule has 1 N–H and O–H groups in total. The van der Waals surface area contributed by atoms with Crippen LogP contribution in [0.2, 0.25) is 0 Å². The van der Waals surface area contributed by atoms with Gasteiger partial charge in [0.15, 0.2) is 0 Å². The van der Waals surface area contributed by atoms with E-state index in [2.05, 4.69) is 15.5 Å². The molecule has 0 aliphatic heterocycles. The minimum Gasteiger partial charge on any atom is -0.296 e. The van der Waals surface area contributed by atoms with Crippen molar-refractivity contribution >= 4 is 22.4 Å². The van der Waals surface area contributed by atoms with Crippen molar-refractivity contribution in [3.05, 3.63) is 65.2 Å². The summed E-state index contributed by atoms with van der Waals surface area (Å²) in [6.07, 6.45) is 0. The average Bonchev–Trinajstić information content (AvgIpc) is 2.93. The fourth-order valence-electron chi connectivity index (χ4n) is 1.96. The molecule has 0 spiro atoms. The number of nitrogens with one attached hydrogen (secondary N) is 1. The summed E-state index contributed by atoms with van der Waals surface area (Å²) in [5.74, 6) is -0.175. The van der Waals surface area contributed by atoms with E-state index in [4.69, 9.17) is 0 Å². The molecule has 0 saturated carbocycles. The maximum absolute atomic E-state index is 12.1. The van der Waals surface area contributed by atoms with Crippen molar-refractivity contribution in [1.82, 2.24) is 10.2 Å². The topological polar surface area (TPSA) is 54.9 Å². The van der Waals surface area contributed by atoms with Gasteiger partial charge in [-0.2, -0.15) is 0 Å². The molecule has 0 saturated heterocycles. The number of benzene rings is 2. The third kappa shape index (κ3) is 3.14. The molecule has 3 aromatic rings. The van der Waals surface area contributed by atoms with Crippen LogP contribution in [0.15, 0.2) is 54.6 Å². The Hall–Kier alpha value is -2.53. The second-order valence-corrected chi connectivity index (χ2v) is 5.71. The molecule has 0 aliphatic carbocycles. The molecule has 4 nitrogen and oxygen atoms in total. The van der Waals surface area contributed by atoms with Crippen LogP contribution in [0.3, 0.4) is 0 Å². The molecule has 1 aromatic heterocycles. The van der Waals surface area contributed by atoms with Crippen LogP contribution >= 0.6 is 11.3 Å². The highest BCUT2D eigenvalue weighted by molar-refractivity contribution is 7.15. The number of amides is 1. The molecule has 0 fully saturated rings. The minimum atomic E-state index is -0.175. The molecule has 0 atom stereocenters. The Kier molecular flexibility index (Phi) is 3.75. The SMILES string of the molecule is Cc1nnc(NC(=O)c2ccc(-c3ccccc3)cc2)s1. The third-order valence-electron chi connectivity index (χ3n) is 3.00. The lowest BCUT2D eigenvalue weighted by Crippen LogP contribution is -2.11. The number of carbonyl (C=O) groups excluding carboxylic acids is 1. The van der Waals surface area contributed by atoms with Crippen LogP contribution in [0.25, 0.3) is 11.1 Å². The Balaban J connectivity index is 1.76. The van der Waals surface area contributed by atoms with Crippen LogP contribution in [-0.2, 0) is 0 Å². The summed E-state index contributed by atoms with van der Waals surface area (Å²) >= 11 is 1.36. The van der Waals surface area contributed by atoms with E-state index in [1.54, 1.807) is 0 Å². The zero-order valence-electron chi connectivity index (χ0n) is 11.4. The highest BCUT2D eigenvalue weighted by Gasteiger charge is 2.09. The van der Waals surface area contributed by atoms with Gasteiger partial charge in [-0.25, -0.2) is 0 Å². The maximum Gasteiger partial charge on any atom is 0.257 e. The number of aryl methyl sites for hydroxylation is 1. The number of aromatic nitrogens is 2. The Morgan fingerprint density at radius 2 is 1.62 bits per heavy atom. The molecule has 5 heteroatoms. The van der Waals surface area contributed by atoms with Gasteiger partial charge in [-0.1, -0.05) is 53.8 Å². The zero-order chi connectivity index (χ0) is 14.7. The summed E-state index contributed by atoms with van der Waals surface area (Å²) in [4.78, 5) is 12.1. The van der Waals surface area contributed by atoms with Crippen molar-refractivity contribution in [2.75, 3.05) is 5.32 Å². The van der Waals surface area contributed by atoms with Crippen molar-refractivity contribution in [2.45, 2.75) is 6.92 Å². The van der Waals surface area contributed by atoms with Crippen LogP contribution in [0, 0.1) is 6.92 Å². The first-order chi connectivity index (χ1) is 10.2. The zero-order valence-corrected chi connectivity index (χ0v) is 12.2. The van der Waals surface area contributed by atoms with Gasteiger partial charge < -0.3 is 0 Å². The number of carbonyl (C=O) groups is 1. The number of hydrogen-bond acceptors (Lipinski definition) is 4. The molecule has 3 rings (SSSR count). The summed E-state index contributed by atoms with van der Waals surface area (Å²) in [7, 11) is 0. The van der Waals surface area contributed by atoms with Gasteiger partial charge >= 0.3 is 0 Å². The Labute approximate surface area is 126 Å². The molecule has 0 unspecified atom stereocenters. The normalized spacial score (nSPS) is 10.3. The first-order valence-corrected chi connectivity index (χ1v) is 7.31. The van der Waals surface area contributed by atoms with Crippen LogP contribution in [0.1, 0.15) is 15.4 Å². The molecule has 0 radical (unpaired) electrons. The lowest BCUT2D eigenvalue weighted by Gasteiger charge is -2.04. The lowest BCUT2D eigenvalue weighted by molar-refractivity contribution is 0.102. The molecule has 0 bridgehead atoms.